The van der Waals surface area contributed by atoms with Gasteiger partial charge in [0.15, 0.2) is 0 Å². The van der Waals surface area contributed by atoms with Gasteiger partial charge < -0.3 is 19.0 Å². The number of carbonyl (C=O) groups is 1. The second-order valence-electron chi connectivity index (χ2n) is 4.74. The van der Waals surface area contributed by atoms with Crippen LogP contribution in [0.1, 0.15) is 42.8 Å². The van der Waals surface area contributed by atoms with E-state index in [1.54, 1.807) is 6.07 Å². The smallest absolute Gasteiger partial charge is 0.372 e. The third-order valence-electron chi connectivity index (χ3n) is 3.07. The lowest BCUT2D eigenvalue weighted by molar-refractivity contribution is -0.106. The summed E-state index contributed by atoms with van der Waals surface area (Å²) in [5.74, 6) is -1.10. The van der Waals surface area contributed by atoms with Gasteiger partial charge in [0.1, 0.15) is 0 Å². The van der Waals surface area contributed by atoms with Crippen LogP contribution in [0.15, 0.2) is 16.7 Å². The Morgan fingerprint density at radius 3 is 2.72 bits per heavy atom. The van der Waals surface area contributed by atoms with E-state index < -0.39 is 5.97 Å². The molecule has 1 saturated heterocycles. The van der Waals surface area contributed by atoms with Crippen LogP contribution in [0.5, 0.6) is 0 Å². The largest absolute Gasteiger partial charge is 0.475 e. The Morgan fingerprint density at radius 1 is 1.44 bits per heavy atom. The molecule has 2 heterocycles. The van der Waals surface area contributed by atoms with Crippen LogP contribution in [0.25, 0.3) is 0 Å². The predicted octanol–water partition coefficient (Wildman–Crippen LogP) is 2.45. The highest BCUT2D eigenvalue weighted by Gasteiger charge is 2.25. The average Bonchev–Trinajstić information content (AvgIpc) is 2.73. The molecule has 0 bridgehead atoms. The highest BCUT2D eigenvalue weighted by atomic mass is 16.5. The Balaban J connectivity index is 1.91. The van der Waals surface area contributed by atoms with Gasteiger partial charge in [-0.25, -0.2) is 4.79 Å². The normalized spacial score (nSPS) is 28.2. The van der Waals surface area contributed by atoms with Crippen LogP contribution in [0.3, 0.4) is 0 Å². The molecule has 2 rings (SSSR count). The standard InChI is InChI=1S/C13H18O5/c1-8-5-11(6-9(2)18-8)17-7-10-3-4-16-12(10)13(14)15/h3-4,8-9,11H,5-7H2,1-2H3,(H,14,15). The molecule has 0 radical (unpaired) electrons. The van der Waals surface area contributed by atoms with E-state index >= 15 is 0 Å². The average molecular weight is 254 g/mol. The van der Waals surface area contributed by atoms with Gasteiger partial charge in [0, 0.05) is 5.56 Å². The lowest BCUT2D eigenvalue weighted by Crippen LogP contribution is -2.34. The van der Waals surface area contributed by atoms with Crippen LogP contribution in [0, 0.1) is 0 Å². The van der Waals surface area contributed by atoms with Crippen molar-refractivity contribution in [1.82, 2.24) is 0 Å². The molecule has 1 aromatic heterocycles. The van der Waals surface area contributed by atoms with Gasteiger partial charge in [0.05, 0.1) is 31.2 Å². The number of hydrogen-bond acceptors (Lipinski definition) is 4. The summed E-state index contributed by atoms with van der Waals surface area (Å²) in [5, 5.41) is 8.91. The summed E-state index contributed by atoms with van der Waals surface area (Å²) in [4.78, 5) is 10.9. The Morgan fingerprint density at radius 2 is 2.11 bits per heavy atom. The number of ether oxygens (including phenoxy) is 2. The molecule has 0 aliphatic carbocycles. The van der Waals surface area contributed by atoms with E-state index in [4.69, 9.17) is 19.0 Å². The summed E-state index contributed by atoms with van der Waals surface area (Å²) in [5.41, 5.74) is 0.578. The summed E-state index contributed by atoms with van der Waals surface area (Å²) in [7, 11) is 0. The Kier molecular flexibility index (Phi) is 4.04. The third kappa shape index (κ3) is 3.11. The zero-order valence-electron chi connectivity index (χ0n) is 10.6. The molecule has 0 aromatic carbocycles. The summed E-state index contributed by atoms with van der Waals surface area (Å²) < 4.78 is 16.3. The summed E-state index contributed by atoms with van der Waals surface area (Å²) >= 11 is 0. The molecule has 1 N–H and O–H groups in total. The van der Waals surface area contributed by atoms with Crippen molar-refractivity contribution in [2.75, 3.05) is 0 Å². The van der Waals surface area contributed by atoms with Crippen LogP contribution in [-0.2, 0) is 16.1 Å². The minimum Gasteiger partial charge on any atom is -0.475 e. The van der Waals surface area contributed by atoms with Crippen molar-refractivity contribution < 1.29 is 23.8 Å². The third-order valence-corrected chi connectivity index (χ3v) is 3.07. The Labute approximate surface area is 106 Å². The van der Waals surface area contributed by atoms with E-state index in [2.05, 4.69) is 0 Å². The molecule has 0 amide bonds. The minimum atomic E-state index is -1.06. The van der Waals surface area contributed by atoms with Gasteiger partial charge in [-0.05, 0) is 32.8 Å². The predicted molar refractivity (Wildman–Crippen MR) is 63.5 cm³/mol. The fraction of sp³-hybridized carbons (Fsp3) is 0.615. The Hall–Kier alpha value is -1.33. The first-order valence-electron chi connectivity index (χ1n) is 6.13. The van der Waals surface area contributed by atoms with Crippen molar-refractivity contribution >= 4 is 5.97 Å². The van der Waals surface area contributed by atoms with Crippen LogP contribution in [0.2, 0.25) is 0 Å². The van der Waals surface area contributed by atoms with Gasteiger partial charge in [-0.1, -0.05) is 0 Å². The van der Waals surface area contributed by atoms with E-state index in [1.807, 2.05) is 13.8 Å². The molecule has 1 aliphatic rings. The molecule has 2 unspecified atom stereocenters. The van der Waals surface area contributed by atoms with Gasteiger partial charge >= 0.3 is 5.97 Å². The molecule has 0 spiro atoms. The molecule has 2 atom stereocenters. The summed E-state index contributed by atoms with van der Waals surface area (Å²) in [6.07, 6.45) is 3.52. The van der Waals surface area contributed by atoms with Crippen molar-refractivity contribution in [1.29, 1.82) is 0 Å². The quantitative estimate of drug-likeness (QED) is 0.893. The van der Waals surface area contributed by atoms with Crippen molar-refractivity contribution in [3.63, 3.8) is 0 Å². The second kappa shape index (κ2) is 5.54. The van der Waals surface area contributed by atoms with Gasteiger partial charge in [-0.2, -0.15) is 0 Å². The zero-order chi connectivity index (χ0) is 13.1. The van der Waals surface area contributed by atoms with Crippen LogP contribution >= 0.6 is 0 Å². The van der Waals surface area contributed by atoms with Crippen LogP contribution < -0.4 is 0 Å². The monoisotopic (exact) mass is 254 g/mol. The first kappa shape index (κ1) is 13.1. The lowest BCUT2D eigenvalue weighted by atomic mass is 10.0. The van der Waals surface area contributed by atoms with E-state index in [1.165, 1.54) is 6.26 Å². The molecule has 1 aromatic rings. The maximum absolute atomic E-state index is 10.9. The van der Waals surface area contributed by atoms with Gasteiger partial charge in [-0.3, -0.25) is 0 Å². The number of carboxylic acids is 1. The zero-order valence-corrected chi connectivity index (χ0v) is 10.6. The number of aromatic carboxylic acids is 1. The number of rotatable bonds is 4. The maximum atomic E-state index is 10.9. The maximum Gasteiger partial charge on any atom is 0.372 e. The highest BCUT2D eigenvalue weighted by Crippen LogP contribution is 2.23. The van der Waals surface area contributed by atoms with E-state index in [0.717, 1.165) is 12.8 Å². The van der Waals surface area contributed by atoms with Crippen molar-refractivity contribution in [2.24, 2.45) is 0 Å². The number of hydrogen-bond donors (Lipinski definition) is 1. The topological polar surface area (TPSA) is 68.9 Å². The SMILES string of the molecule is CC1CC(OCc2ccoc2C(=O)O)CC(C)O1. The minimum absolute atomic E-state index is 0.0387. The summed E-state index contributed by atoms with van der Waals surface area (Å²) in [6, 6.07) is 1.63. The molecular weight excluding hydrogens is 236 g/mol. The first-order chi connectivity index (χ1) is 8.56. The van der Waals surface area contributed by atoms with Crippen molar-refractivity contribution in [3.05, 3.63) is 23.7 Å². The van der Waals surface area contributed by atoms with Crippen molar-refractivity contribution in [3.8, 4) is 0 Å². The first-order valence-corrected chi connectivity index (χ1v) is 6.13. The molecule has 18 heavy (non-hydrogen) atoms. The van der Waals surface area contributed by atoms with E-state index in [9.17, 15) is 4.79 Å². The molecule has 5 nitrogen and oxygen atoms in total. The molecule has 5 heteroatoms. The molecule has 1 fully saturated rings. The fourth-order valence-corrected chi connectivity index (χ4v) is 2.33. The molecule has 100 valence electrons. The van der Waals surface area contributed by atoms with Gasteiger partial charge in [-0.15, -0.1) is 0 Å². The molecule has 0 saturated carbocycles. The van der Waals surface area contributed by atoms with E-state index in [-0.39, 0.29) is 30.7 Å². The van der Waals surface area contributed by atoms with Gasteiger partial charge in [0.25, 0.3) is 0 Å². The van der Waals surface area contributed by atoms with Crippen LogP contribution in [-0.4, -0.2) is 29.4 Å². The number of furan rings is 1. The highest BCUT2D eigenvalue weighted by molar-refractivity contribution is 5.85. The second-order valence-corrected chi connectivity index (χ2v) is 4.74. The van der Waals surface area contributed by atoms with Crippen LogP contribution in [0.4, 0.5) is 0 Å². The molecular formula is C13H18O5. The van der Waals surface area contributed by atoms with Crippen molar-refractivity contribution in [2.45, 2.75) is 51.6 Å². The number of carboxylic acid groups (broad SMARTS) is 1. The lowest BCUT2D eigenvalue weighted by Gasteiger charge is -2.31. The fourth-order valence-electron chi connectivity index (χ4n) is 2.33. The summed E-state index contributed by atoms with van der Waals surface area (Å²) in [6.45, 7) is 4.31. The van der Waals surface area contributed by atoms with Gasteiger partial charge in [0.2, 0.25) is 5.76 Å². The van der Waals surface area contributed by atoms with E-state index in [0.29, 0.717) is 5.56 Å². The Bertz CT molecular complexity index is 401. The molecule has 1 aliphatic heterocycles.